The van der Waals surface area contributed by atoms with Crippen LogP contribution in [-0.2, 0) is 9.53 Å². The summed E-state index contributed by atoms with van der Waals surface area (Å²) in [5.41, 5.74) is 3.30. The molecule has 3 amide bonds. The molecule has 41 heavy (non-hydrogen) atoms. The normalized spacial score (nSPS) is 12.8. The highest BCUT2D eigenvalue weighted by Gasteiger charge is 2.31. The number of hydrogen-bond acceptors (Lipinski definition) is 4. The predicted octanol–water partition coefficient (Wildman–Crippen LogP) is 6.59. The number of carboxylic acids is 1. The Morgan fingerprint density at radius 1 is 0.854 bits per heavy atom. The summed E-state index contributed by atoms with van der Waals surface area (Å²) in [5, 5.41) is 17.7. The summed E-state index contributed by atoms with van der Waals surface area (Å²) in [5.74, 6) is -4.15. The molecule has 2 atom stereocenters. The van der Waals surface area contributed by atoms with E-state index in [0.29, 0.717) is 16.8 Å². The van der Waals surface area contributed by atoms with Gasteiger partial charge in [-0.25, -0.2) is 18.4 Å². The Hall–Kier alpha value is -4.31. The molecule has 0 unspecified atom stereocenters. The van der Waals surface area contributed by atoms with Crippen LogP contribution in [0.15, 0.2) is 48.5 Å². The van der Waals surface area contributed by atoms with Gasteiger partial charge in [-0.1, -0.05) is 29.8 Å². The van der Waals surface area contributed by atoms with Gasteiger partial charge in [0.2, 0.25) is 0 Å². The Morgan fingerprint density at radius 3 is 2.00 bits per heavy atom. The molecule has 3 aromatic rings. The van der Waals surface area contributed by atoms with E-state index >= 15 is 0 Å². The van der Waals surface area contributed by atoms with E-state index < -0.39 is 47.3 Å². The molecular formula is C31H35F2N3O5. The molecule has 10 heteroatoms. The summed E-state index contributed by atoms with van der Waals surface area (Å²) in [6.07, 6.45) is -0.884. The second-order valence-corrected chi connectivity index (χ2v) is 11.0. The van der Waals surface area contributed by atoms with Crippen LogP contribution in [0.5, 0.6) is 0 Å². The summed E-state index contributed by atoms with van der Waals surface area (Å²) in [6, 6.07) is 9.41. The smallest absolute Gasteiger partial charge is 0.328 e. The van der Waals surface area contributed by atoms with Gasteiger partial charge < -0.3 is 25.8 Å². The van der Waals surface area contributed by atoms with Gasteiger partial charge >= 0.3 is 12.0 Å². The van der Waals surface area contributed by atoms with Crippen LogP contribution in [0.2, 0.25) is 0 Å². The van der Waals surface area contributed by atoms with Crippen molar-refractivity contribution in [2.45, 2.75) is 66.2 Å². The van der Waals surface area contributed by atoms with Crippen molar-refractivity contribution in [3.63, 3.8) is 0 Å². The average molecular weight is 568 g/mol. The highest BCUT2D eigenvalue weighted by Crippen LogP contribution is 2.28. The number of carboxylic acid groups (broad SMARTS) is 1. The number of anilines is 2. The second-order valence-electron chi connectivity index (χ2n) is 11.0. The molecule has 0 heterocycles. The minimum Gasteiger partial charge on any atom is -0.480 e. The third kappa shape index (κ3) is 8.11. The molecule has 0 saturated carbocycles. The summed E-state index contributed by atoms with van der Waals surface area (Å²) in [6.45, 7) is 12.5. The van der Waals surface area contributed by atoms with Gasteiger partial charge in [-0.3, -0.25) is 4.79 Å². The lowest BCUT2D eigenvalue weighted by molar-refractivity contribution is -0.146. The van der Waals surface area contributed by atoms with E-state index in [1.165, 1.54) is 31.2 Å². The number of aliphatic carboxylic acids is 1. The first-order valence-corrected chi connectivity index (χ1v) is 13.0. The number of carbonyl (C=O) groups is 3. The monoisotopic (exact) mass is 567 g/mol. The van der Waals surface area contributed by atoms with Gasteiger partial charge in [-0.2, -0.15) is 0 Å². The maximum atomic E-state index is 14.0. The number of rotatable bonds is 8. The first-order valence-electron chi connectivity index (χ1n) is 13.0. The first kappa shape index (κ1) is 31.2. The molecule has 3 aromatic carbocycles. The molecule has 0 bridgehead atoms. The number of benzene rings is 3. The van der Waals surface area contributed by atoms with Gasteiger partial charge in [0.25, 0.3) is 5.91 Å². The molecule has 0 spiro atoms. The third-order valence-corrected chi connectivity index (χ3v) is 6.24. The summed E-state index contributed by atoms with van der Waals surface area (Å²) >= 11 is 0. The van der Waals surface area contributed by atoms with E-state index in [1.807, 2.05) is 32.9 Å². The molecule has 218 valence electrons. The van der Waals surface area contributed by atoms with E-state index in [2.05, 4.69) is 16.0 Å². The number of hydrogen-bond donors (Lipinski definition) is 4. The molecule has 0 fully saturated rings. The summed E-state index contributed by atoms with van der Waals surface area (Å²) < 4.78 is 33.2. The number of nitrogens with one attached hydrogen (secondary N) is 3. The predicted molar refractivity (Wildman–Crippen MR) is 154 cm³/mol. The topological polar surface area (TPSA) is 117 Å². The van der Waals surface area contributed by atoms with E-state index in [4.69, 9.17) is 4.74 Å². The number of ether oxygens (including phenoxy) is 1. The van der Waals surface area contributed by atoms with Gasteiger partial charge in [-0.05, 0) is 95.0 Å². The van der Waals surface area contributed by atoms with Gasteiger partial charge in [0.15, 0.2) is 17.7 Å². The number of amides is 3. The SMILES string of the molecule is Cc1cc(C)c(NC(=O)Nc2cc(-c3ccc(F)c(F)c3)ccc2C(=O)N[C@@H](C(=O)O)[C@H](C)OC(C)(C)C)c(C)c1. The maximum absolute atomic E-state index is 14.0. The van der Waals surface area contributed by atoms with E-state index in [-0.39, 0.29) is 11.3 Å². The van der Waals surface area contributed by atoms with Gasteiger partial charge in [0.05, 0.1) is 23.0 Å². The van der Waals surface area contributed by atoms with Gasteiger partial charge in [0.1, 0.15) is 0 Å². The average Bonchev–Trinajstić information content (AvgIpc) is 2.85. The number of halogens is 2. The van der Waals surface area contributed by atoms with Crippen molar-refractivity contribution in [1.29, 1.82) is 0 Å². The van der Waals surface area contributed by atoms with Crippen LogP contribution in [0.4, 0.5) is 25.0 Å². The van der Waals surface area contributed by atoms with Crippen LogP contribution >= 0.6 is 0 Å². The van der Waals surface area contributed by atoms with Crippen molar-refractivity contribution in [2.24, 2.45) is 0 Å². The van der Waals surface area contributed by atoms with Crippen LogP contribution in [0.3, 0.4) is 0 Å². The lowest BCUT2D eigenvalue weighted by atomic mass is 10.0. The molecule has 0 aliphatic heterocycles. The summed E-state index contributed by atoms with van der Waals surface area (Å²) in [7, 11) is 0. The zero-order valence-electron chi connectivity index (χ0n) is 24.1. The highest BCUT2D eigenvalue weighted by atomic mass is 19.2. The number of urea groups is 1. The molecule has 0 aliphatic carbocycles. The molecule has 0 radical (unpaired) electrons. The Labute approximate surface area is 238 Å². The standard InChI is InChI=1S/C31H35F2N3O5/c1-16-12-17(2)26(18(3)13-16)36-30(40)34-25-15-21(20-9-11-23(32)24(33)14-20)8-10-22(25)28(37)35-27(29(38)39)19(4)41-31(5,6)7/h8-15,19,27H,1-7H3,(H,35,37)(H,38,39)(H2,34,36,40)/t19-,27+/m0/s1. The van der Waals surface area contributed by atoms with Crippen LogP contribution < -0.4 is 16.0 Å². The van der Waals surface area contributed by atoms with Gasteiger partial charge in [0, 0.05) is 5.69 Å². The molecule has 4 N–H and O–H groups in total. The van der Waals surface area contributed by atoms with Crippen LogP contribution in [0.25, 0.3) is 11.1 Å². The third-order valence-electron chi connectivity index (χ3n) is 6.24. The fraction of sp³-hybridized carbons (Fsp3) is 0.323. The zero-order chi connectivity index (χ0) is 30.6. The number of aryl methyl sites for hydroxylation is 3. The van der Waals surface area contributed by atoms with Crippen molar-refractivity contribution in [3.05, 3.63) is 82.4 Å². The first-order chi connectivity index (χ1) is 19.1. The fourth-order valence-corrected chi connectivity index (χ4v) is 4.57. The zero-order valence-corrected chi connectivity index (χ0v) is 24.1. The fourth-order valence-electron chi connectivity index (χ4n) is 4.57. The van der Waals surface area contributed by atoms with Crippen LogP contribution in [0, 0.1) is 32.4 Å². The quantitative estimate of drug-likeness (QED) is 0.245. The Kier molecular flexibility index (Phi) is 9.49. The lowest BCUT2D eigenvalue weighted by Gasteiger charge is -2.29. The Balaban J connectivity index is 1.99. The second kappa shape index (κ2) is 12.5. The van der Waals surface area contributed by atoms with Crippen molar-refractivity contribution >= 4 is 29.3 Å². The minimum absolute atomic E-state index is 0.0261. The molecular weight excluding hydrogens is 532 g/mol. The maximum Gasteiger partial charge on any atom is 0.328 e. The molecule has 3 rings (SSSR count). The largest absolute Gasteiger partial charge is 0.480 e. The van der Waals surface area contributed by atoms with Crippen molar-refractivity contribution < 1.29 is 33.0 Å². The Bertz CT molecular complexity index is 1460. The molecule has 0 aromatic heterocycles. The highest BCUT2D eigenvalue weighted by molar-refractivity contribution is 6.08. The lowest BCUT2D eigenvalue weighted by Crippen LogP contribution is -2.50. The van der Waals surface area contributed by atoms with Crippen molar-refractivity contribution in [2.75, 3.05) is 10.6 Å². The Morgan fingerprint density at radius 2 is 1.44 bits per heavy atom. The molecule has 0 saturated heterocycles. The molecule has 8 nitrogen and oxygen atoms in total. The van der Waals surface area contributed by atoms with E-state index in [1.54, 1.807) is 20.8 Å². The molecule has 0 aliphatic rings. The summed E-state index contributed by atoms with van der Waals surface area (Å²) in [4.78, 5) is 38.5. The van der Waals surface area contributed by atoms with Crippen molar-refractivity contribution in [1.82, 2.24) is 5.32 Å². The van der Waals surface area contributed by atoms with E-state index in [0.717, 1.165) is 28.8 Å². The van der Waals surface area contributed by atoms with E-state index in [9.17, 15) is 28.3 Å². The number of carbonyl (C=O) groups excluding carboxylic acids is 2. The van der Waals surface area contributed by atoms with Crippen LogP contribution in [-0.4, -0.2) is 40.8 Å². The minimum atomic E-state index is -1.40. The van der Waals surface area contributed by atoms with Crippen molar-refractivity contribution in [3.8, 4) is 11.1 Å². The van der Waals surface area contributed by atoms with Gasteiger partial charge in [-0.15, -0.1) is 0 Å². The van der Waals surface area contributed by atoms with Crippen LogP contribution in [0.1, 0.15) is 54.7 Å².